The van der Waals surface area contributed by atoms with E-state index in [-0.39, 0.29) is 5.54 Å². The van der Waals surface area contributed by atoms with Gasteiger partial charge in [0.15, 0.2) is 0 Å². The second-order valence-corrected chi connectivity index (χ2v) is 6.82. The summed E-state index contributed by atoms with van der Waals surface area (Å²) in [5.41, 5.74) is 2.46. The molecule has 3 heteroatoms. The Kier molecular flexibility index (Phi) is 4.97. The third-order valence-electron chi connectivity index (χ3n) is 2.83. The van der Waals surface area contributed by atoms with E-state index in [1.165, 1.54) is 5.56 Å². The standard InChI is InChI=1S/C15H28N2O/c1-10(2)8-13-14(11(3)4)12(17-18-13)9-16-15(5,6)7/h10-11,16H,8-9H2,1-7H3. The van der Waals surface area contributed by atoms with Gasteiger partial charge in [-0.25, -0.2) is 0 Å². The Labute approximate surface area is 111 Å². The van der Waals surface area contributed by atoms with Crippen LogP contribution in [0.25, 0.3) is 0 Å². The maximum Gasteiger partial charge on any atom is 0.140 e. The van der Waals surface area contributed by atoms with E-state index in [4.69, 9.17) is 4.52 Å². The van der Waals surface area contributed by atoms with Gasteiger partial charge in [0, 0.05) is 24.1 Å². The van der Waals surface area contributed by atoms with Crippen LogP contribution >= 0.6 is 0 Å². The highest BCUT2D eigenvalue weighted by Gasteiger charge is 2.20. The van der Waals surface area contributed by atoms with Crippen LogP contribution in [0.15, 0.2) is 4.52 Å². The molecule has 0 aliphatic heterocycles. The lowest BCUT2D eigenvalue weighted by atomic mass is 9.96. The summed E-state index contributed by atoms with van der Waals surface area (Å²) in [5.74, 6) is 2.12. The minimum atomic E-state index is 0.103. The molecule has 0 aromatic carbocycles. The molecule has 18 heavy (non-hydrogen) atoms. The van der Waals surface area contributed by atoms with Gasteiger partial charge in [-0.1, -0.05) is 32.9 Å². The fourth-order valence-electron chi connectivity index (χ4n) is 2.02. The molecule has 1 rings (SSSR count). The smallest absolute Gasteiger partial charge is 0.140 e. The molecule has 0 aliphatic carbocycles. The van der Waals surface area contributed by atoms with E-state index in [0.29, 0.717) is 11.8 Å². The molecule has 104 valence electrons. The number of hydrogen-bond acceptors (Lipinski definition) is 3. The lowest BCUT2D eigenvalue weighted by Crippen LogP contribution is -2.35. The van der Waals surface area contributed by atoms with Crippen LogP contribution < -0.4 is 5.32 Å². The van der Waals surface area contributed by atoms with Gasteiger partial charge in [-0.05, 0) is 32.6 Å². The third-order valence-corrected chi connectivity index (χ3v) is 2.83. The molecular weight excluding hydrogens is 224 g/mol. The van der Waals surface area contributed by atoms with Crippen LogP contribution in [0.5, 0.6) is 0 Å². The highest BCUT2D eigenvalue weighted by atomic mass is 16.5. The zero-order valence-electron chi connectivity index (χ0n) is 12.9. The predicted molar refractivity (Wildman–Crippen MR) is 75.7 cm³/mol. The average molecular weight is 252 g/mol. The van der Waals surface area contributed by atoms with Crippen molar-refractivity contribution in [1.29, 1.82) is 0 Å². The Morgan fingerprint density at radius 1 is 1.17 bits per heavy atom. The first-order valence-electron chi connectivity index (χ1n) is 6.93. The fraction of sp³-hybridized carbons (Fsp3) is 0.800. The Morgan fingerprint density at radius 3 is 2.22 bits per heavy atom. The second-order valence-electron chi connectivity index (χ2n) is 6.82. The lowest BCUT2D eigenvalue weighted by molar-refractivity contribution is 0.354. The van der Waals surface area contributed by atoms with Crippen LogP contribution in [0.2, 0.25) is 0 Å². The quantitative estimate of drug-likeness (QED) is 0.864. The van der Waals surface area contributed by atoms with Crippen LogP contribution in [-0.2, 0) is 13.0 Å². The molecule has 0 bridgehead atoms. The molecule has 0 amide bonds. The molecule has 0 unspecified atom stereocenters. The summed E-state index contributed by atoms with van der Waals surface area (Å²) < 4.78 is 5.54. The number of nitrogens with one attached hydrogen (secondary N) is 1. The van der Waals surface area contributed by atoms with Crippen LogP contribution in [0.3, 0.4) is 0 Å². The van der Waals surface area contributed by atoms with Gasteiger partial charge in [-0.15, -0.1) is 0 Å². The Hall–Kier alpha value is -0.830. The van der Waals surface area contributed by atoms with E-state index < -0.39 is 0 Å². The van der Waals surface area contributed by atoms with Gasteiger partial charge in [0.1, 0.15) is 11.5 Å². The minimum Gasteiger partial charge on any atom is -0.361 e. The summed E-state index contributed by atoms with van der Waals surface area (Å²) in [6, 6.07) is 0. The van der Waals surface area contributed by atoms with Crippen LogP contribution in [0, 0.1) is 5.92 Å². The van der Waals surface area contributed by atoms with E-state index >= 15 is 0 Å². The van der Waals surface area contributed by atoms with Gasteiger partial charge in [0.2, 0.25) is 0 Å². The zero-order chi connectivity index (χ0) is 13.9. The highest BCUT2D eigenvalue weighted by molar-refractivity contribution is 5.27. The fourth-order valence-corrected chi connectivity index (χ4v) is 2.02. The summed E-state index contributed by atoms with van der Waals surface area (Å²) in [5, 5.41) is 7.73. The van der Waals surface area contributed by atoms with Crippen molar-refractivity contribution in [2.24, 2.45) is 5.92 Å². The summed E-state index contributed by atoms with van der Waals surface area (Å²) >= 11 is 0. The molecule has 1 aromatic heterocycles. The van der Waals surface area contributed by atoms with Crippen molar-refractivity contribution in [1.82, 2.24) is 10.5 Å². The average Bonchev–Trinajstić information content (AvgIpc) is 2.55. The molecule has 0 saturated carbocycles. The Morgan fingerprint density at radius 2 is 1.78 bits per heavy atom. The largest absolute Gasteiger partial charge is 0.361 e. The van der Waals surface area contributed by atoms with Crippen molar-refractivity contribution in [3.8, 4) is 0 Å². The van der Waals surface area contributed by atoms with E-state index in [0.717, 1.165) is 24.4 Å². The van der Waals surface area contributed by atoms with Crippen molar-refractivity contribution in [3.63, 3.8) is 0 Å². The minimum absolute atomic E-state index is 0.103. The monoisotopic (exact) mass is 252 g/mol. The van der Waals surface area contributed by atoms with Gasteiger partial charge < -0.3 is 9.84 Å². The van der Waals surface area contributed by atoms with Crippen molar-refractivity contribution in [2.75, 3.05) is 0 Å². The molecule has 0 fully saturated rings. The molecule has 3 nitrogen and oxygen atoms in total. The first-order chi connectivity index (χ1) is 8.20. The maximum atomic E-state index is 5.54. The SMILES string of the molecule is CC(C)Cc1onc(CNC(C)(C)C)c1C(C)C. The molecule has 1 aromatic rings. The van der Waals surface area contributed by atoms with E-state index in [2.05, 4.69) is 58.9 Å². The summed E-state index contributed by atoms with van der Waals surface area (Å²) in [6.07, 6.45) is 0.968. The third kappa shape index (κ3) is 4.45. The molecule has 1 N–H and O–H groups in total. The summed E-state index contributed by atoms with van der Waals surface area (Å²) in [7, 11) is 0. The number of aromatic nitrogens is 1. The maximum absolute atomic E-state index is 5.54. The molecular formula is C15H28N2O. The van der Waals surface area contributed by atoms with Crippen LogP contribution in [-0.4, -0.2) is 10.7 Å². The van der Waals surface area contributed by atoms with Crippen LogP contribution in [0.1, 0.15) is 71.4 Å². The molecule has 1 heterocycles. The van der Waals surface area contributed by atoms with Gasteiger partial charge in [-0.3, -0.25) is 0 Å². The molecule has 0 spiro atoms. The molecule has 0 radical (unpaired) electrons. The number of nitrogens with zero attached hydrogens (tertiary/aromatic N) is 1. The predicted octanol–water partition coefficient (Wildman–Crippen LogP) is 3.88. The van der Waals surface area contributed by atoms with E-state index in [9.17, 15) is 0 Å². The van der Waals surface area contributed by atoms with E-state index in [1.54, 1.807) is 0 Å². The summed E-state index contributed by atoms with van der Waals surface area (Å²) in [6.45, 7) is 16.1. The Bertz CT molecular complexity index is 372. The Balaban J connectivity index is 2.88. The van der Waals surface area contributed by atoms with Gasteiger partial charge in [0.05, 0.1) is 0 Å². The number of hydrogen-bond donors (Lipinski definition) is 1. The molecule has 0 saturated heterocycles. The molecule has 0 atom stereocenters. The van der Waals surface area contributed by atoms with Gasteiger partial charge >= 0.3 is 0 Å². The van der Waals surface area contributed by atoms with Crippen LogP contribution in [0.4, 0.5) is 0 Å². The molecule has 0 aliphatic rings. The number of rotatable bonds is 5. The van der Waals surface area contributed by atoms with E-state index in [1.807, 2.05) is 0 Å². The normalized spacial score (nSPS) is 12.7. The first kappa shape index (κ1) is 15.2. The zero-order valence-corrected chi connectivity index (χ0v) is 12.9. The van der Waals surface area contributed by atoms with Crippen molar-refractivity contribution >= 4 is 0 Å². The topological polar surface area (TPSA) is 38.1 Å². The van der Waals surface area contributed by atoms with Crippen molar-refractivity contribution < 1.29 is 4.52 Å². The van der Waals surface area contributed by atoms with Gasteiger partial charge in [0.25, 0.3) is 0 Å². The highest BCUT2D eigenvalue weighted by Crippen LogP contribution is 2.26. The van der Waals surface area contributed by atoms with Crippen molar-refractivity contribution in [3.05, 3.63) is 17.0 Å². The first-order valence-corrected chi connectivity index (χ1v) is 6.93. The van der Waals surface area contributed by atoms with Crippen molar-refractivity contribution in [2.45, 2.75) is 72.9 Å². The second kappa shape index (κ2) is 5.87. The summed E-state index contributed by atoms with van der Waals surface area (Å²) in [4.78, 5) is 0. The lowest BCUT2D eigenvalue weighted by Gasteiger charge is -2.20. The van der Waals surface area contributed by atoms with Gasteiger partial charge in [-0.2, -0.15) is 0 Å².